The van der Waals surface area contributed by atoms with Gasteiger partial charge in [0.15, 0.2) is 5.90 Å². The summed E-state index contributed by atoms with van der Waals surface area (Å²) in [6.07, 6.45) is 3.50. The second-order valence-electron chi connectivity index (χ2n) is 11.0. The second-order valence-corrected chi connectivity index (χ2v) is 14.7. The molecule has 0 saturated carbocycles. The molecule has 0 bridgehead atoms. The number of carbonyl (C=O) groups is 1. The summed E-state index contributed by atoms with van der Waals surface area (Å²) in [4.78, 5) is 25.0. The number of carbonyl (C=O) groups excluding carboxylic acids is 1. The molecule has 0 unspecified atom stereocenters. The average molecular weight is 489 g/mol. The molecule has 189 valence electrons. The average Bonchev–Trinajstić information content (AvgIpc) is 3.03. The van der Waals surface area contributed by atoms with Crippen LogP contribution in [0.2, 0.25) is 13.1 Å². The third-order valence-corrected chi connectivity index (χ3v) is 9.26. The molecule has 3 aliphatic heterocycles. The van der Waals surface area contributed by atoms with Crippen LogP contribution < -0.4 is 5.48 Å². The summed E-state index contributed by atoms with van der Waals surface area (Å²) in [5.41, 5.74) is 3.98. The third kappa shape index (κ3) is 6.38. The van der Waals surface area contributed by atoms with Gasteiger partial charge in [0.2, 0.25) is 0 Å². The minimum Gasteiger partial charge on any atom is -0.667 e. The van der Waals surface area contributed by atoms with Gasteiger partial charge in [0.1, 0.15) is 14.1 Å². The molecular formula is C25H40N4O4Si-. The maximum absolute atomic E-state index is 12.4. The lowest BCUT2D eigenvalue weighted by Gasteiger charge is -2.45. The molecule has 0 aliphatic carbocycles. The van der Waals surface area contributed by atoms with Gasteiger partial charge in [-0.3, -0.25) is 9.83 Å². The van der Waals surface area contributed by atoms with Crippen molar-refractivity contribution in [3.63, 3.8) is 0 Å². The largest absolute Gasteiger partial charge is 0.667 e. The van der Waals surface area contributed by atoms with Crippen LogP contribution in [0.25, 0.3) is 0 Å². The molecule has 0 spiro atoms. The van der Waals surface area contributed by atoms with E-state index in [0.717, 1.165) is 43.7 Å². The first-order valence-electron chi connectivity index (χ1n) is 12.5. The van der Waals surface area contributed by atoms with E-state index < -0.39 is 14.1 Å². The summed E-state index contributed by atoms with van der Waals surface area (Å²) in [7, 11) is -2.03. The van der Waals surface area contributed by atoms with Gasteiger partial charge in [-0.05, 0) is 58.6 Å². The van der Waals surface area contributed by atoms with Gasteiger partial charge < -0.3 is 18.6 Å². The van der Waals surface area contributed by atoms with Crippen molar-refractivity contribution in [2.24, 2.45) is 4.99 Å². The first-order chi connectivity index (χ1) is 16.1. The zero-order chi connectivity index (χ0) is 24.3. The fourth-order valence-electron chi connectivity index (χ4n) is 4.91. The van der Waals surface area contributed by atoms with Crippen LogP contribution in [-0.4, -0.2) is 73.3 Å². The van der Waals surface area contributed by atoms with Crippen LogP contribution in [0.5, 0.6) is 0 Å². The zero-order valence-corrected chi connectivity index (χ0v) is 22.3. The van der Waals surface area contributed by atoms with Crippen molar-refractivity contribution in [2.45, 2.75) is 89.9 Å². The lowest BCUT2D eigenvalue weighted by atomic mass is 10.0. The van der Waals surface area contributed by atoms with Crippen LogP contribution >= 0.6 is 0 Å². The van der Waals surface area contributed by atoms with E-state index in [2.05, 4.69) is 35.3 Å². The summed E-state index contributed by atoms with van der Waals surface area (Å²) >= 11 is 0. The Balaban J connectivity index is 1.29. The van der Waals surface area contributed by atoms with E-state index in [9.17, 15) is 4.79 Å². The fourth-order valence-corrected chi connectivity index (χ4v) is 7.38. The van der Waals surface area contributed by atoms with E-state index in [1.54, 1.807) is 4.90 Å². The number of piperidine rings is 2. The van der Waals surface area contributed by atoms with Gasteiger partial charge in [-0.15, -0.1) is 13.1 Å². The molecule has 3 aliphatic rings. The maximum Gasteiger partial charge on any atom is 0.410 e. The highest BCUT2D eigenvalue weighted by Gasteiger charge is 2.42. The van der Waals surface area contributed by atoms with Gasteiger partial charge >= 0.3 is 6.09 Å². The van der Waals surface area contributed by atoms with E-state index in [-0.39, 0.29) is 24.2 Å². The van der Waals surface area contributed by atoms with Crippen molar-refractivity contribution in [3.8, 4) is 0 Å². The molecule has 3 saturated heterocycles. The van der Waals surface area contributed by atoms with Crippen LogP contribution in [0.15, 0.2) is 35.3 Å². The Morgan fingerprint density at radius 2 is 1.85 bits per heavy atom. The smallest absolute Gasteiger partial charge is 0.410 e. The number of hydroxylamine groups is 1. The quantitative estimate of drug-likeness (QED) is 0.497. The molecule has 1 N–H and O–H groups in total. The number of fused-ring (bicyclic) bond motifs is 1. The molecule has 9 heteroatoms. The number of hydrogen-bond acceptors (Lipinski definition) is 7. The zero-order valence-electron chi connectivity index (χ0n) is 21.3. The molecule has 8 nitrogen and oxygen atoms in total. The number of ether oxygens (including phenoxy) is 1. The van der Waals surface area contributed by atoms with Crippen LogP contribution in [0.3, 0.4) is 0 Å². The van der Waals surface area contributed by atoms with Crippen LogP contribution in [0.1, 0.15) is 52.0 Å². The molecule has 0 aromatic heterocycles. The molecule has 4 rings (SSSR count). The van der Waals surface area contributed by atoms with Crippen molar-refractivity contribution in [3.05, 3.63) is 35.9 Å². The van der Waals surface area contributed by atoms with E-state index in [4.69, 9.17) is 19.0 Å². The molecule has 2 atom stereocenters. The Labute approximate surface area is 204 Å². The number of nitrogens with one attached hydrogen (secondary N) is 1. The predicted molar refractivity (Wildman–Crippen MR) is 135 cm³/mol. The highest BCUT2D eigenvalue weighted by Crippen LogP contribution is 2.33. The Morgan fingerprint density at radius 3 is 2.53 bits per heavy atom. The number of amides is 1. The number of nitrogens with zero attached hydrogens (tertiary/aromatic N) is 3. The Bertz CT molecular complexity index is 865. The molecule has 3 fully saturated rings. The lowest BCUT2D eigenvalue weighted by Crippen LogP contribution is -2.57. The van der Waals surface area contributed by atoms with Crippen molar-refractivity contribution < 1.29 is 18.8 Å². The van der Waals surface area contributed by atoms with Gasteiger partial charge in [-0.25, -0.2) is 4.79 Å². The monoisotopic (exact) mass is 488 g/mol. The molecule has 3 heterocycles. The number of likely N-dealkylation sites (tertiary alicyclic amines) is 1. The minimum absolute atomic E-state index is 0.198. The fraction of sp³-hybridized carbons (Fsp3) is 0.680. The van der Waals surface area contributed by atoms with Crippen LogP contribution in [-0.2, 0) is 20.6 Å². The molecule has 1 aromatic rings. The summed E-state index contributed by atoms with van der Waals surface area (Å²) in [6.45, 7) is 13.0. The van der Waals surface area contributed by atoms with Crippen molar-refractivity contribution in [1.82, 2.24) is 14.9 Å². The van der Waals surface area contributed by atoms with Gasteiger partial charge in [-0.2, -0.15) is 5.48 Å². The standard InChI is InChI=1S/C25H40N4O4Si/c1-25(2,3)32-24(30)28-15-13-20(14-16-28)26-23-22-12-11-21(17-29(22)34(4,5)33-23)27-31-18-19-9-7-6-8-10-19/h6-10,20-22,27H,11-18H2,1-5H3/q-1/t21-,22+/m1/s1. The highest BCUT2D eigenvalue weighted by atomic mass is 28.4. The molecule has 0 radical (unpaired) electrons. The Morgan fingerprint density at radius 1 is 1.15 bits per heavy atom. The van der Waals surface area contributed by atoms with Gasteiger partial charge in [-0.1, -0.05) is 30.3 Å². The Kier molecular flexibility index (Phi) is 7.66. The van der Waals surface area contributed by atoms with Crippen molar-refractivity contribution >= 4 is 20.5 Å². The summed E-state index contributed by atoms with van der Waals surface area (Å²) in [5.74, 6) is 0.913. The maximum atomic E-state index is 12.4. The number of benzene rings is 1. The van der Waals surface area contributed by atoms with Crippen molar-refractivity contribution in [2.75, 3.05) is 19.6 Å². The molecular weight excluding hydrogens is 448 g/mol. The van der Waals surface area contributed by atoms with Crippen LogP contribution in [0, 0.1) is 0 Å². The second kappa shape index (κ2) is 10.4. The molecule has 34 heavy (non-hydrogen) atoms. The SMILES string of the molecule is CC(C)(C)OC(=O)N1CCC(N=C2O[Si-](C)(C)N3C[C@H](NOCc4ccccc4)CC[C@@H]23)CC1. The Hall–Kier alpha value is -1.94. The summed E-state index contributed by atoms with van der Waals surface area (Å²) < 4.78 is 14.6. The summed E-state index contributed by atoms with van der Waals surface area (Å²) in [6, 6.07) is 11.0. The number of rotatable bonds is 5. The highest BCUT2D eigenvalue weighted by molar-refractivity contribution is 6.71. The lowest BCUT2D eigenvalue weighted by molar-refractivity contribution is -0.0102. The first-order valence-corrected chi connectivity index (χ1v) is 15.4. The van der Waals surface area contributed by atoms with E-state index >= 15 is 0 Å². The molecule has 1 amide bonds. The topological polar surface area (TPSA) is 75.6 Å². The number of hydrogen-bond donors (Lipinski definition) is 1. The first kappa shape index (κ1) is 25.2. The van der Waals surface area contributed by atoms with E-state index in [1.165, 1.54) is 0 Å². The normalized spacial score (nSPS) is 26.9. The molecule has 1 aromatic carbocycles. The van der Waals surface area contributed by atoms with Crippen LogP contribution in [0.4, 0.5) is 4.79 Å². The van der Waals surface area contributed by atoms with Crippen molar-refractivity contribution in [1.29, 1.82) is 0 Å². The van der Waals surface area contributed by atoms with E-state index in [0.29, 0.717) is 19.7 Å². The van der Waals surface area contributed by atoms with Gasteiger partial charge in [0.25, 0.3) is 0 Å². The number of aliphatic imine (C=N–C) groups is 1. The van der Waals surface area contributed by atoms with Gasteiger partial charge in [0.05, 0.1) is 18.7 Å². The van der Waals surface area contributed by atoms with E-state index in [1.807, 2.05) is 39.0 Å². The minimum atomic E-state index is -2.03. The van der Waals surface area contributed by atoms with Gasteiger partial charge in [0, 0.05) is 19.1 Å². The third-order valence-electron chi connectivity index (χ3n) is 6.67. The predicted octanol–water partition coefficient (Wildman–Crippen LogP) is 4.07. The summed E-state index contributed by atoms with van der Waals surface area (Å²) in [5, 5.41) is 0.